The lowest BCUT2D eigenvalue weighted by atomic mass is 9.81. The van der Waals surface area contributed by atoms with Crippen molar-refractivity contribution in [3.63, 3.8) is 0 Å². The van der Waals surface area contributed by atoms with Gasteiger partial charge < -0.3 is 20.3 Å². The number of ketones is 2. The number of pyridine rings is 1. The van der Waals surface area contributed by atoms with Crippen molar-refractivity contribution < 1.29 is 42.1 Å². The third-order valence-corrected chi connectivity index (χ3v) is 5.09. The number of rotatable bonds is 6. The Labute approximate surface area is 182 Å². The van der Waals surface area contributed by atoms with Gasteiger partial charge in [-0.15, -0.1) is 0 Å². The van der Waals surface area contributed by atoms with Crippen molar-refractivity contribution in [2.75, 3.05) is 20.3 Å². The van der Waals surface area contributed by atoms with E-state index in [1.54, 1.807) is 0 Å². The van der Waals surface area contributed by atoms with Crippen LogP contribution in [0, 0.1) is 11.8 Å². The lowest BCUT2D eigenvalue weighted by Crippen LogP contribution is -2.30. The highest BCUT2D eigenvalue weighted by atomic mass is 19.4. The third kappa shape index (κ3) is 6.13. The maximum Gasteiger partial charge on any atom is 0.433 e. The smallest absolute Gasteiger partial charge is 0.433 e. The number of Topliss-reactive ketones (excluding diaryl/α,β-unsaturated/α-hetero) is 2. The summed E-state index contributed by atoms with van der Waals surface area (Å²) in [6, 6.07) is 1.72. The molecular weight excluding hydrogens is 433 g/mol. The van der Waals surface area contributed by atoms with Crippen molar-refractivity contribution >= 4 is 23.2 Å². The summed E-state index contributed by atoms with van der Waals surface area (Å²) in [5, 5.41) is 10.7. The zero-order chi connectivity index (χ0) is 24.1. The van der Waals surface area contributed by atoms with Crippen molar-refractivity contribution in [1.29, 1.82) is 0 Å². The molecule has 3 N–H and O–H groups in total. The van der Waals surface area contributed by atoms with E-state index in [1.165, 1.54) is 14.0 Å². The van der Waals surface area contributed by atoms with E-state index in [0.29, 0.717) is 25.3 Å². The summed E-state index contributed by atoms with van der Waals surface area (Å²) < 4.78 is 49.2. The van der Waals surface area contributed by atoms with Crippen LogP contribution in [0.2, 0.25) is 0 Å². The number of aliphatic hydroxyl groups is 1. The molecule has 32 heavy (non-hydrogen) atoms. The Kier molecular flexibility index (Phi) is 8.51. The average molecular weight is 458 g/mol. The van der Waals surface area contributed by atoms with Gasteiger partial charge in [0, 0.05) is 31.4 Å². The molecular formula is C21H25F3N2O6. The van der Waals surface area contributed by atoms with Gasteiger partial charge in [0.15, 0.2) is 11.6 Å². The van der Waals surface area contributed by atoms with Crippen molar-refractivity contribution in [3.8, 4) is 0 Å². The SMILES string of the molecule is CC(N)=O.COCCOCc1nc(C(F)(F)F)ccc1C(O)=C1C(=O)C2CCC(C2)C1=O. The van der Waals surface area contributed by atoms with Gasteiger partial charge in [-0.05, 0) is 31.4 Å². The normalized spacial score (nSPS) is 20.1. The summed E-state index contributed by atoms with van der Waals surface area (Å²) >= 11 is 0. The number of amides is 1. The molecule has 2 bridgehead atoms. The number of alkyl halides is 3. The number of halogens is 3. The molecule has 1 aromatic rings. The Balaban J connectivity index is 0.000000837. The van der Waals surface area contributed by atoms with Crippen LogP contribution in [0.4, 0.5) is 13.2 Å². The average Bonchev–Trinajstić information content (AvgIpc) is 3.16. The molecule has 1 heterocycles. The van der Waals surface area contributed by atoms with Crippen molar-refractivity contribution in [2.45, 2.75) is 39.0 Å². The molecule has 0 radical (unpaired) electrons. The molecule has 2 saturated carbocycles. The van der Waals surface area contributed by atoms with Gasteiger partial charge in [0.2, 0.25) is 5.91 Å². The van der Waals surface area contributed by atoms with Gasteiger partial charge in [-0.25, -0.2) is 4.98 Å². The zero-order valence-corrected chi connectivity index (χ0v) is 17.7. The fraction of sp³-hybridized carbons (Fsp3) is 0.524. The number of allylic oxidation sites excluding steroid dienone is 1. The first-order chi connectivity index (χ1) is 15.0. The number of fused-ring (bicyclic) bond motifs is 2. The van der Waals surface area contributed by atoms with Crippen LogP contribution in [0.3, 0.4) is 0 Å². The lowest BCUT2D eigenvalue weighted by molar-refractivity contribution is -0.141. The molecule has 2 unspecified atom stereocenters. The number of primary amides is 1. The lowest BCUT2D eigenvalue weighted by Gasteiger charge is -2.21. The topological polar surface area (TPSA) is 129 Å². The Hall–Kier alpha value is -2.79. The van der Waals surface area contributed by atoms with Crippen LogP contribution in [-0.4, -0.2) is 47.9 Å². The van der Waals surface area contributed by atoms with Gasteiger partial charge in [0.1, 0.15) is 17.0 Å². The minimum absolute atomic E-state index is 0.104. The first-order valence-corrected chi connectivity index (χ1v) is 9.89. The summed E-state index contributed by atoms with van der Waals surface area (Å²) in [6.07, 6.45) is -3.07. The number of carbonyl (C=O) groups excluding carboxylic acids is 3. The molecule has 2 aliphatic carbocycles. The van der Waals surface area contributed by atoms with Gasteiger partial charge >= 0.3 is 6.18 Å². The molecule has 0 aromatic carbocycles. The second-order valence-electron chi connectivity index (χ2n) is 7.50. The quantitative estimate of drug-likeness (QED) is 0.290. The summed E-state index contributed by atoms with van der Waals surface area (Å²) in [4.78, 5) is 37.9. The maximum absolute atomic E-state index is 13.0. The van der Waals surface area contributed by atoms with Gasteiger partial charge in [-0.1, -0.05) is 0 Å². The molecule has 8 nitrogen and oxygen atoms in total. The van der Waals surface area contributed by atoms with Crippen LogP contribution >= 0.6 is 0 Å². The molecule has 1 aromatic heterocycles. The first kappa shape index (κ1) is 25.5. The fourth-order valence-electron chi connectivity index (χ4n) is 3.65. The standard InChI is InChI=1S/C19H20F3NO5.C2H5NO/c1-27-6-7-28-9-13-12(4-5-14(23-13)19(20,21)22)18(26)15-16(24)10-2-3-11(8-10)17(15)25;1-2(3)4/h4-5,10-11,26H,2-3,6-9H2,1H3;1H3,(H2,3,4). The molecule has 2 atom stereocenters. The van der Waals surface area contributed by atoms with E-state index < -0.39 is 29.2 Å². The van der Waals surface area contributed by atoms with Crippen LogP contribution in [-0.2, 0) is 36.6 Å². The predicted molar refractivity (Wildman–Crippen MR) is 106 cm³/mol. The number of aliphatic hydroxyl groups excluding tert-OH is 1. The van der Waals surface area contributed by atoms with E-state index in [0.717, 1.165) is 6.07 Å². The van der Waals surface area contributed by atoms with Crippen molar-refractivity contribution in [1.82, 2.24) is 4.98 Å². The Morgan fingerprint density at radius 3 is 2.25 bits per heavy atom. The molecule has 1 amide bonds. The largest absolute Gasteiger partial charge is 0.506 e. The van der Waals surface area contributed by atoms with Gasteiger partial charge in [-0.3, -0.25) is 14.4 Å². The second kappa shape index (κ2) is 10.7. The molecule has 0 spiro atoms. The van der Waals surface area contributed by atoms with E-state index in [2.05, 4.69) is 10.7 Å². The van der Waals surface area contributed by atoms with E-state index in [4.69, 9.17) is 9.47 Å². The number of nitrogens with zero attached hydrogens (tertiary/aromatic N) is 1. The predicted octanol–water partition coefficient (Wildman–Crippen LogP) is 2.59. The van der Waals surface area contributed by atoms with Crippen molar-refractivity contribution in [3.05, 3.63) is 34.7 Å². The minimum Gasteiger partial charge on any atom is -0.506 e. The van der Waals surface area contributed by atoms with E-state index >= 15 is 0 Å². The number of carbonyl (C=O) groups is 3. The number of nitrogens with two attached hydrogens (primary N) is 1. The van der Waals surface area contributed by atoms with E-state index in [1.807, 2.05) is 0 Å². The molecule has 0 aliphatic heterocycles. The van der Waals surface area contributed by atoms with Crippen LogP contribution in [0.25, 0.3) is 5.76 Å². The number of aromatic nitrogens is 1. The van der Waals surface area contributed by atoms with Crippen LogP contribution in [0.5, 0.6) is 0 Å². The minimum atomic E-state index is -4.68. The number of hydrogen-bond acceptors (Lipinski definition) is 7. The number of methoxy groups -OCH3 is 1. The summed E-state index contributed by atoms with van der Waals surface area (Å²) in [5.74, 6) is -2.53. The van der Waals surface area contributed by atoms with Crippen LogP contribution < -0.4 is 5.73 Å². The highest BCUT2D eigenvalue weighted by Crippen LogP contribution is 2.42. The Bertz CT molecular complexity index is 885. The van der Waals surface area contributed by atoms with E-state index in [9.17, 15) is 32.7 Å². The fourth-order valence-corrected chi connectivity index (χ4v) is 3.65. The van der Waals surface area contributed by atoms with E-state index in [-0.39, 0.29) is 54.4 Å². The maximum atomic E-state index is 13.0. The zero-order valence-electron chi connectivity index (χ0n) is 17.7. The summed E-state index contributed by atoms with van der Waals surface area (Å²) in [7, 11) is 1.45. The summed E-state index contributed by atoms with van der Waals surface area (Å²) in [5.41, 5.74) is 2.68. The van der Waals surface area contributed by atoms with Gasteiger partial charge in [-0.2, -0.15) is 13.2 Å². The second-order valence-corrected chi connectivity index (χ2v) is 7.50. The molecule has 2 fully saturated rings. The monoisotopic (exact) mass is 458 g/mol. The van der Waals surface area contributed by atoms with Crippen LogP contribution in [0.15, 0.2) is 17.7 Å². The number of hydrogen-bond donors (Lipinski definition) is 2. The summed E-state index contributed by atoms with van der Waals surface area (Å²) in [6.45, 7) is 1.30. The third-order valence-electron chi connectivity index (χ3n) is 5.09. The Morgan fingerprint density at radius 1 is 1.19 bits per heavy atom. The molecule has 0 saturated heterocycles. The van der Waals surface area contributed by atoms with Crippen LogP contribution in [0.1, 0.15) is 43.1 Å². The van der Waals surface area contributed by atoms with Crippen molar-refractivity contribution in [2.24, 2.45) is 17.6 Å². The Morgan fingerprint density at radius 2 is 1.75 bits per heavy atom. The first-order valence-electron chi connectivity index (χ1n) is 9.89. The molecule has 11 heteroatoms. The number of ether oxygens (including phenoxy) is 2. The highest BCUT2D eigenvalue weighted by molar-refractivity contribution is 6.27. The molecule has 3 rings (SSSR count). The molecule has 176 valence electrons. The molecule has 2 aliphatic rings. The highest BCUT2D eigenvalue weighted by Gasteiger charge is 2.45. The van der Waals surface area contributed by atoms with Gasteiger partial charge in [0.25, 0.3) is 0 Å². The van der Waals surface area contributed by atoms with Gasteiger partial charge in [0.05, 0.1) is 25.5 Å².